The maximum Gasteiger partial charge on any atom is 0.161 e. The highest BCUT2D eigenvalue weighted by atomic mass is 16.5. The summed E-state index contributed by atoms with van der Waals surface area (Å²) < 4.78 is 10.7. The summed E-state index contributed by atoms with van der Waals surface area (Å²) in [6.45, 7) is 1.13. The third-order valence-electron chi connectivity index (χ3n) is 2.17. The van der Waals surface area contributed by atoms with E-state index in [1.165, 1.54) is 0 Å². The third-order valence-corrected chi connectivity index (χ3v) is 2.17. The number of nitrogens with two attached hydrogens (primary N) is 1. The molecule has 3 nitrogen and oxygen atoms in total. The first-order valence-electron chi connectivity index (χ1n) is 5.25. The fourth-order valence-electron chi connectivity index (χ4n) is 1.37. The van der Waals surface area contributed by atoms with Gasteiger partial charge in [0.1, 0.15) is 0 Å². The zero-order valence-electron chi connectivity index (χ0n) is 9.53. The Labute approximate surface area is 96.6 Å². The summed E-state index contributed by atoms with van der Waals surface area (Å²) in [5, 5.41) is 0. The molecule has 3 heteroatoms. The second-order valence-corrected chi connectivity index (χ2v) is 3.33. The van der Waals surface area contributed by atoms with Crippen LogP contribution >= 0.6 is 0 Å². The van der Waals surface area contributed by atoms with Crippen molar-refractivity contribution in [1.82, 2.24) is 0 Å². The van der Waals surface area contributed by atoms with E-state index >= 15 is 0 Å². The molecule has 0 saturated carbocycles. The summed E-state index contributed by atoms with van der Waals surface area (Å²) in [5.41, 5.74) is 6.64. The van der Waals surface area contributed by atoms with Gasteiger partial charge in [0.2, 0.25) is 0 Å². The zero-order chi connectivity index (χ0) is 11.8. The maximum absolute atomic E-state index is 5.50. The van der Waals surface area contributed by atoms with Gasteiger partial charge in [-0.15, -0.1) is 12.3 Å². The number of benzene rings is 1. The van der Waals surface area contributed by atoms with Gasteiger partial charge in [0.15, 0.2) is 11.5 Å². The summed E-state index contributed by atoms with van der Waals surface area (Å²) in [6, 6.07) is 5.82. The molecule has 1 aromatic rings. The Balaban J connectivity index is 2.73. The molecule has 0 amide bonds. The molecule has 0 aliphatic carbocycles. The Bertz CT molecular complexity index is 369. The zero-order valence-corrected chi connectivity index (χ0v) is 9.53. The highest BCUT2D eigenvalue weighted by Gasteiger charge is 2.04. The molecule has 86 valence electrons. The van der Waals surface area contributed by atoms with E-state index in [1.807, 2.05) is 18.2 Å². The lowest BCUT2D eigenvalue weighted by Crippen LogP contribution is -2.04. The molecule has 0 saturated heterocycles. The molecule has 16 heavy (non-hydrogen) atoms. The van der Waals surface area contributed by atoms with Crippen molar-refractivity contribution in [3.63, 3.8) is 0 Å². The molecule has 0 atom stereocenters. The standard InChI is InChI=1S/C13H17NO2/c1-3-4-9-16-12-6-5-11(7-8-14)10-13(12)15-2/h1,5-6,10H,4,7-9,14H2,2H3. The van der Waals surface area contributed by atoms with Gasteiger partial charge in [-0.25, -0.2) is 0 Å². The minimum Gasteiger partial charge on any atom is -0.493 e. The highest BCUT2D eigenvalue weighted by Crippen LogP contribution is 2.28. The molecular weight excluding hydrogens is 202 g/mol. The van der Waals surface area contributed by atoms with Crippen LogP contribution in [0.2, 0.25) is 0 Å². The van der Waals surface area contributed by atoms with E-state index in [-0.39, 0.29) is 0 Å². The van der Waals surface area contributed by atoms with Crippen molar-refractivity contribution >= 4 is 0 Å². The van der Waals surface area contributed by atoms with Gasteiger partial charge in [-0.1, -0.05) is 6.07 Å². The molecule has 0 fully saturated rings. The van der Waals surface area contributed by atoms with E-state index in [9.17, 15) is 0 Å². The lowest BCUT2D eigenvalue weighted by Gasteiger charge is -2.11. The fourth-order valence-corrected chi connectivity index (χ4v) is 1.37. The van der Waals surface area contributed by atoms with Gasteiger partial charge in [-0.2, -0.15) is 0 Å². The van der Waals surface area contributed by atoms with Gasteiger partial charge in [0, 0.05) is 6.42 Å². The smallest absolute Gasteiger partial charge is 0.161 e. The van der Waals surface area contributed by atoms with Gasteiger partial charge >= 0.3 is 0 Å². The van der Waals surface area contributed by atoms with Crippen LogP contribution < -0.4 is 15.2 Å². The van der Waals surface area contributed by atoms with Gasteiger partial charge in [0.25, 0.3) is 0 Å². The van der Waals surface area contributed by atoms with Crippen LogP contribution in [0.3, 0.4) is 0 Å². The van der Waals surface area contributed by atoms with E-state index in [1.54, 1.807) is 7.11 Å². The Morgan fingerprint density at radius 1 is 1.38 bits per heavy atom. The van der Waals surface area contributed by atoms with Crippen molar-refractivity contribution in [3.8, 4) is 23.8 Å². The maximum atomic E-state index is 5.50. The molecule has 0 aliphatic rings. The summed E-state index contributed by atoms with van der Waals surface area (Å²) in [6.07, 6.45) is 6.58. The predicted molar refractivity (Wildman–Crippen MR) is 64.7 cm³/mol. The Hall–Kier alpha value is -1.66. The van der Waals surface area contributed by atoms with Crippen molar-refractivity contribution in [1.29, 1.82) is 0 Å². The fraction of sp³-hybridized carbons (Fsp3) is 0.385. The van der Waals surface area contributed by atoms with Crippen LogP contribution in [0.1, 0.15) is 12.0 Å². The van der Waals surface area contributed by atoms with Gasteiger partial charge in [-0.3, -0.25) is 0 Å². The Morgan fingerprint density at radius 3 is 2.81 bits per heavy atom. The normalized spacial score (nSPS) is 9.56. The SMILES string of the molecule is C#CCCOc1ccc(CCN)cc1OC. The monoisotopic (exact) mass is 219 g/mol. The van der Waals surface area contributed by atoms with Crippen LogP contribution in [0.5, 0.6) is 11.5 Å². The predicted octanol–water partition coefficient (Wildman–Crippen LogP) is 1.60. The van der Waals surface area contributed by atoms with Crippen molar-refractivity contribution in [3.05, 3.63) is 23.8 Å². The third kappa shape index (κ3) is 3.48. The second-order valence-electron chi connectivity index (χ2n) is 3.33. The van der Waals surface area contributed by atoms with Gasteiger partial charge in [-0.05, 0) is 30.7 Å². The number of terminal acetylenes is 1. The second kappa shape index (κ2) is 6.76. The quantitative estimate of drug-likeness (QED) is 0.584. The van der Waals surface area contributed by atoms with Crippen molar-refractivity contribution < 1.29 is 9.47 Å². The largest absolute Gasteiger partial charge is 0.493 e. The van der Waals surface area contributed by atoms with E-state index in [0.717, 1.165) is 23.5 Å². The number of ether oxygens (including phenoxy) is 2. The number of rotatable bonds is 6. The lowest BCUT2D eigenvalue weighted by atomic mass is 10.1. The van der Waals surface area contributed by atoms with Crippen molar-refractivity contribution in [2.75, 3.05) is 20.3 Å². The minimum atomic E-state index is 0.503. The lowest BCUT2D eigenvalue weighted by molar-refractivity contribution is 0.301. The minimum absolute atomic E-state index is 0.503. The average molecular weight is 219 g/mol. The van der Waals surface area contributed by atoms with E-state index in [4.69, 9.17) is 21.6 Å². The molecule has 0 aromatic heterocycles. The summed E-state index contributed by atoms with van der Waals surface area (Å²) in [7, 11) is 1.62. The Morgan fingerprint density at radius 2 is 2.19 bits per heavy atom. The van der Waals surface area contributed by atoms with E-state index in [2.05, 4.69) is 5.92 Å². The van der Waals surface area contributed by atoms with Crippen LogP contribution in [-0.4, -0.2) is 20.3 Å². The molecule has 0 spiro atoms. The van der Waals surface area contributed by atoms with Crippen molar-refractivity contribution in [2.45, 2.75) is 12.8 Å². The molecular formula is C13H17NO2. The van der Waals surface area contributed by atoms with Crippen LogP contribution in [0.25, 0.3) is 0 Å². The van der Waals surface area contributed by atoms with Crippen LogP contribution in [0.15, 0.2) is 18.2 Å². The van der Waals surface area contributed by atoms with Crippen LogP contribution in [0.4, 0.5) is 0 Å². The van der Waals surface area contributed by atoms with Gasteiger partial charge in [0.05, 0.1) is 13.7 Å². The summed E-state index contributed by atoms with van der Waals surface area (Å²) in [5.74, 6) is 3.97. The van der Waals surface area contributed by atoms with Crippen LogP contribution in [-0.2, 0) is 6.42 Å². The summed E-state index contributed by atoms with van der Waals surface area (Å²) >= 11 is 0. The first kappa shape index (κ1) is 12.4. The van der Waals surface area contributed by atoms with E-state index in [0.29, 0.717) is 19.6 Å². The Kier molecular flexibility index (Phi) is 5.24. The van der Waals surface area contributed by atoms with Crippen molar-refractivity contribution in [2.24, 2.45) is 5.73 Å². The number of methoxy groups -OCH3 is 1. The number of hydrogen-bond donors (Lipinski definition) is 1. The van der Waals surface area contributed by atoms with E-state index < -0.39 is 0 Å². The molecule has 0 unspecified atom stereocenters. The highest BCUT2D eigenvalue weighted by molar-refractivity contribution is 5.43. The number of hydrogen-bond acceptors (Lipinski definition) is 3. The first-order valence-corrected chi connectivity index (χ1v) is 5.25. The molecule has 1 aromatic carbocycles. The van der Waals surface area contributed by atoms with Gasteiger partial charge < -0.3 is 15.2 Å². The molecule has 2 N–H and O–H groups in total. The molecule has 0 aliphatic heterocycles. The molecule has 0 heterocycles. The summed E-state index contributed by atoms with van der Waals surface area (Å²) in [4.78, 5) is 0. The first-order chi connectivity index (χ1) is 7.81. The topological polar surface area (TPSA) is 44.5 Å². The molecule has 0 bridgehead atoms. The van der Waals surface area contributed by atoms with Crippen LogP contribution in [0, 0.1) is 12.3 Å². The average Bonchev–Trinajstić information content (AvgIpc) is 2.31. The molecule has 0 radical (unpaired) electrons. The molecule has 1 rings (SSSR count).